The van der Waals surface area contributed by atoms with E-state index in [1.54, 1.807) is 18.2 Å². The van der Waals surface area contributed by atoms with E-state index in [2.05, 4.69) is 65.2 Å². The molecule has 0 spiro atoms. The number of aromatic nitrogens is 4. The molecule has 0 aliphatic rings. The van der Waals surface area contributed by atoms with Crippen LogP contribution in [-0.4, -0.2) is 19.5 Å². The minimum absolute atomic E-state index is 0.345. The lowest BCUT2D eigenvalue weighted by atomic mass is 9.98. The van der Waals surface area contributed by atoms with Crippen LogP contribution in [0.4, 0.5) is 4.39 Å². The largest absolute Gasteiger partial charge is 0.309 e. The molecule has 0 saturated heterocycles. The zero-order valence-electron chi connectivity index (χ0n) is 32.0. The van der Waals surface area contributed by atoms with Crippen molar-refractivity contribution < 1.29 is 4.39 Å². The summed E-state index contributed by atoms with van der Waals surface area (Å²) in [5.74, 6) is 1.15. The van der Waals surface area contributed by atoms with Gasteiger partial charge in [-0.15, -0.1) is 0 Å². The Morgan fingerprint density at radius 2 is 0.867 bits per heavy atom. The van der Waals surface area contributed by atoms with Crippen LogP contribution in [0.2, 0.25) is 0 Å². The molecule has 0 fully saturated rings. The first-order chi connectivity index (χ1) is 29.5. The fraction of sp³-hybridized carbons (Fsp3) is 0. The van der Waals surface area contributed by atoms with Gasteiger partial charge in [0.15, 0.2) is 17.5 Å². The number of nitrogens with zero attached hydrogens (tertiary/aromatic N) is 6. The number of benzene rings is 8. The molecule has 0 aliphatic carbocycles. The lowest BCUT2D eigenvalue weighted by Gasteiger charge is -2.16. The molecule has 6 nitrogen and oxygen atoms in total. The highest BCUT2D eigenvalue weighted by Crippen LogP contribution is 2.40. The molecule has 2 heterocycles. The van der Waals surface area contributed by atoms with Gasteiger partial charge in [0.2, 0.25) is 0 Å². The van der Waals surface area contributed by atoms with Crippen molar-refractivity contribution in [2.45, 2.75) is 0 Å². The molecular formula is C53H31FN6. The highest BCUT2D eigenvalue weighted by Gasteiger charge is 2.20. The van der Waals surface area contributed by atoms with Crippen LogP contribution in [-0.2, 0) is 0 Å². The quantitative estimate of drug-likeness (QED) is 0.161. The Hall–Kier alpha value is -8.52. The first-order valence-electron chi connectivity index (χ1n) is 19.4. The Balaban J connectivity index is 1.24. The summed E-state index contributed by atoms with van der Waals surface area (Å²) in [4.78, 5) is 15.1. The van der Waals surface area contributed by atoms with E-state index in [1.165, 1.54) is 12.1 Å². The summed E-state index contributed by atoms with van der Waals surface area (Å²) in [6, 6.07) is 64.9. The maximum absolute atomic E-state index is 14.9. The normalized spacial score (nSPS) is 11.1. The van der Waals surface area contributed by atoms with Crippen molar-refractivity contribution in [3.8, 4) is 85.4 Å². The summed E-state index contributed by atoms with van der Waals surface area (Å²) in [6.07, 6.45) is 0. The van der Waals surface area contributed by atoms with Gasteiger partial charge >= 0.3 is 0 Å². The lowest BCUT2D eigenvalue weighted by molar-refractivity contribution is 0.628. The first kappa shape index (κ1) is 35.9. The zero-order valence-corrected chi connectivity index (χ0v) is 32.0. The Labute approximate surface area is 345 Å². The van der Waals surface area contributed by atoms with Crippen molar-refractivity contribution in [3.63, 3.8) is 0 Å². The van der Waals surface area contributed by atoms with Gasteiger partial charge in [-0.1, -0.05) is 115 Å². The molecule has 0 radical (unpaired) electrons. The van der Waals surface area contributed by atoms with Crippen molar-refractivity contribution in [2.75, 3.05) is 0 Å². The second kappa shape index (κ2) is 15.1. The third-order valence-corrected chi connectivity index (χ3v) is 10.8. The van der Waals surface area contributed by atoms with E-state index < -0.39 is 0 Å². The average Bonchev–Trinajstić information content (AvgIpc) is 3.64. The van der Waals surface area contributed by atoms with E-state index >= 15 is 0 Å². The third kappa shape index (κ3) is 6.63. The summed E-state index contributed by atoms with van der Waals surface area (Å²) in [5, 5.41) is 21.4. The van der Waals surface area contributed by atoms with Crippen LogP contribution in [0, 0.1) is 28.5 Å². The predicted octanol–water partition coefficient (Wildman–Crippen LogP) is 12.9. The molecule has 0 aliphatic heterocycles. The lowest BCUT2D eigenvalue weighted by Crippen LogP contribution is -2.02. The number of hydrogen-bond donors (Lipinski definition) is 0. The van der Waals surface area contributed by atoms with Gasteiger partial charge in [-0.3, -0.25) is 0 Å². The van der Waals surface area contributed by atoms with E-state index in [9.17, 15) is 14.9 Å². The summed E-state index contributed by atoms with van der Waals surface area (Å²) in [6.45, 7) is 0. The van der Waals surface area contributed by atoms with E-state index in [0.717, 1.165) is 66.4 Å². The smallest absolute Gasteiger partial charge is 0.164 e. The van der Waals surface area contributed by atoms with Gasteiger partial charge in [0.1, 0.15) is 5.82 Å². The molecule has 0 N–H and O–H groups in total. The van der Waals surface area contributed by atoms with Gasteiger partial charge in [0, 0.05) is 33.2 Å². The standard InChI is InChI=1S/C53H31FN6/c54-43-19-9-18-42(28-43)45-23-22-44(31-48(45)53-58-51(36-12-3-1-4-13-36)57-52(59-53)37-14-5-2-6-15-37)60-49-24-20-40(38-16-7-10-34(26-38)32-55)29-46(49)47-30-41(21-25-50(47)60)39-17-8-11-35(27-39)33-56/h1-31H. The maximum Gasteiger partial charge on any atom is 0.164 e. The van der Waals surface area contributed by atoms with E-state index in [-0.39, 0.29) is 5.82 Å². The topological polar surface area (TPSA) is 91.2 Å². The molecule has 10 aromatic rings. The molecule has 8 aromatic carbocycles. The molecule has 0 unspecified atom stereocenters. The molecule has 60 heavy (non-hydrogen) atoms. The van der Waals surface area contributed by atoms with Gasteiger partial charge < -0.3 is 4.57 Å². The Kier molecular flexibility index (Phi) is 9.02. The fourth-order valence-corrected chi connectivity index (χ4v) is 7.89. The summed E-state index contributed by atoms with van der Waals surface area (Å²) < 4.78 is 17.2. The zero-order chi connectivity index (χ0) is 40.6. The predicted molar refractivity (Wildman–Crippen MR) is 236 cm³/mol. The molecule has 0 bridgehead atoms. The van der Waals surface area contributed by atoms with Crippen LogP contribution in [0.1, 0.15) is 11.1 Å². The molecule has 0 amide bonds. The number of fused-ring (bicyclic) bond motifs is 3. The molecule has 7 heteroatoms. The maximum atomic E-state index is 14.9. The second-order valence-corrected chi connectivity index (χ2v) is 14.5. The summed E-state index contributed by atoms with van der Waals surface area (Å²) in [5.41, 5.74) is 11.6. The van der Waals surface area contributed by atoms with Crippen molar-refractivity contribution >= 4 is 21.8 Å². The van der Waals surface area contributed by atoms with Gasteiger partial charge in [-0.05, 0) is 106 Å². The monoisotopic (exact) mass is 770 g/mol. The Morgan fingerprint density at radius 1 is 0.383 bits per heavy atom. The van der Waals surface area contributed by atoms with Crippen LogP contribution in [0.25, 0.3) is 95.0 Å². The molecular weight excluding hydrogens is 740 g/mol. The molecule has 2 aromatic heterocycles. The fourth-order valence-electron chi connectivity index (χ4n) is 7.89. The van der Waals surface area contributed by atoms with E-state index in [1.807, 2.05) is 109 Å². The van der Waals surface area contributed by atoms with Crippen molar-refractivity contribution in [3.05, 3.63) is 205 Å². The number of rotatable bonds is 7. The van der Waals surface area contributed by atoms with Gasteiger partial charge in [-0.25, -0.2) is 19.3 Å². The molecule has 0 atom stereocenters. The highest BCUT2D eigenvalue weighted by atomic mass is 19.1. The van der Waals surface area contributed by atoms with Gasteiger partial charge in [-0.2, -0.15) is 10.5 Å². The first-order valence-corrected chi connectivity index (χ1v) is 19.4. The van der Waals surface area contributed by atoms with Crippen LogP contribution in [0.15, 0.2) is 188 Å². The van der Waals surface area contributed by atoms with Crippen LogP contribution >= 0.6 is 0 Å². The van der Waals surface area contributed by atoms with Crippen molar-refractivity contribution in [1.29, 1.82) is 10.5 Å². The number of halogens is 1. The van der Waals surface area contributed by atoms with Crippen molar-refractivity contribution in [1.82, 2.24) is 19.5 Å². The van der Waals surface area contributed by atoms with Gasteiger partial charge in [0.05, 0.1) is 34.3 Å². The van der Waals surface area contributed by atoms with E-state index in [0.29, 0.717) is 39.7 Å². The Bertz CT molecular complexity index is 3190. The number of nitriles is 2. The molecule has 280 valence electrons. The third-order valence-electron chi connectivity index (χ3n) is 10.8. The average molecular weight is 771 g/mol. The summed E-state index contributed by atoms with van der Waals surface area (Å²) in [7, 11) is 0. The SMILES string of the molecule is N#Cc1cccc(-c2ccc3c(c2)c2cc(-c4cccc(C#N)c4)ccc2n3-c2ccc(-c3cccc(F)c3)c(-c3nc(-c4ccccc4)nc(-c4ccccc4)n3)c2)c1. The minimum atomic E-state index is -0.345. The van der Waals surface area contributed by atoms with Crippen LogP contribution in [0.3, 0.4) is 0 Å². The van der Waals surface area contributed by atoms with Crippen LogP contribution in [0.5, 0.6) is 0 Å². The highest BCUT2D eigenvalue weighted by molar-refractivity contribution is 6.12. The van der Waals surface area contributed by atoms with E-state index in [4.69, 9.17) is 15.0 Å². The Morgan fingerprint density at radius 3 is 1.40 bits per heavy atom. The second-order valence-electron chi connectivity index (χ2n) is 14.5. The number of hydrogen-bond acceptors (Lipinski definition) is 5. The van der Waals surface area contributed by atoms with Crippen LogP contribution < -0.4 is 0 Å². The van der Waals surface area contributed by atoms with Gasteiger partial charge in [0.25, 0.3) is 0 Å². The molecule has 0 saturated carbocycles. The summed E-state index contributed by atoms with van der Waals surface area (Å²) >= 11 is 0. The van der Waals surface area contributed by atoms with Crippen molar-refractivity contribution in [2.24, 2.45) is 0 Å². The minimum Gasteiger partial charge on any atom is -0.309 e. The molecule has 10 rings (SSSR count).